The van der Waals surface area contributed by atoms with Crippen LogP contribution in [-0.4, -0.2) is 18.0 Å². The molecular weight excluding hydrogens is 154 g/mol. The van der Waals surface area contributed by atoms with E-state index < -0.39 is 5.54 Å². The van der Waals surface area contributed by atoms with Crippen molar-refractivity contribution < 1.29 is 4.79 Å². The van der Waals surface area contributed by atoms with E-state index in [9.17, 15) is 4.79 Å². The van der Waals surface area contributed by atoms with Crippen molar-refractivity contribution in [2.45, 2.75) is 26.3 Å². The van der Waals surface area contributed by atoms with Gasteiger partial charge in [0.2, 0.25) is 5.91 Å². The highest BCUT2D eigenvalue weighted by atomic mass is 16.2. The molecule has 0 spiro atoms. The third-order valence-electron chi connectivity index (χ3n) is 1.37. The molecule has 1 atom stereocenters. The second-order valence-corrected chi connectivity index (χ2v) is 3.46. The molecule has 1 amide bonds. The van der Waals surface area contributed by atoms with E-state index in [4.69, 9.17) is 11.0 Å². The van der Waals surface area contributed by atoms with Gasteiger partial charge in [0.15, 0.2) is 0 Å². The van der Waals surface area contributed by atoms with Crippen LogP contribution in [0.5, 0.6) is 0 Å². The van der Waals surface area contributed by atoms with E-state index in [0.29, 0.717) is 6.54 Å². The van der Waals surface area contributed by atoms with Crippen molar-refractivity contribution >= 4 is 5.91 Å². The quantitative estimate of drug-likeness (QED) is 0.624. The third-order valence-corrected chi connectivity index (χ3v) is 1.37. The second kappa shape index (κ2) is 4.07. The van der Waals surface area contributed by atoms with Gasteiger partial charge in [-0.1, -0.05) is 0 Å². The lowest BCUT2D eigenvalue weighted by molar-refractivity contribution is -0.125. The minimum atomic E-state index is -0.866. The zero-order valence-corrected chi connectivity index (χ0v) is 7.72. The Morgan fingerprint density at radius 3 is 2.58 bits per heavy atom. The van der Waals surface area contributed by atoms with Crippen molar-refractivity contribution in [2.75, 3.05) is 6.54 Å². The summed E-state index contributed by atoms with van der Waals surface area (Å²) in [6.45, 7) is 5.35. The maximum Gasteiger partial charge on any atom is 0.239 e. The predicted octanol–water partition coefficient (Wildman–Crippen LogP) is -0.000420. The third kappa shape index (κ3) is 3.94. The Balaban J connectivity index is 3.82. The number of hydrogen-bond donors (Lipinski definition) is 2. The minimum Gasteiger partial charge on any atom is -0.353 e. The van der Waals surface area contributed by atoms with Crippen LogP contribution in [0.4, 0.5) is 0 Å². The average Bonchev–Trinajstić information content (AvgIpc) is 1.97. The molecule has 3 N–H and O–H groups in total. The van der Waals surface area contributed by atoms with Gasteiger partial charge in [-0.3, -0.25) is 4.79 Å². The molecule has 0 aliphatic rings. The Hall–Kier alpha value is -1.08. The van der Waals surface area contributed by atoms with Gasteiger partial charge in [0.05, 0.1) is 17.5 Å². The fraction of sp³-hybridized carbons (Fsp3) is 0.750. The number of hydrogen-bond acceptors (Lipinski definition) is 3. The van der Waals surface area contributed by atoms with Crippen LogP contribution in [0.3, 0.4) is 0 Å². The highest BCUT2D eigenvalue weighted by Gasteiger charge is 2.21. The van der Waals surface area contributed by atoms with E-state index in [1.165, 1.54) is 0 Å². The summed E-state index contributed by atoms with van der Waals surface area (Å²) < 4.78 is 0. The van der Waals surface area contributed by atoms with Crippen LogP contribution in [0.1, 0.15) is 20.8 Å². The molecular formula is C8H15N3O. The normalized spacial score (nSPS) is 13.2. The number of carbonyl (C=O) groups excluding carboxylic acids is 1. The molecule has 4 heteroatoms. The van der Waals surface area contributed by atoms with E-state index >= 15 is 0 Å². The van der Waals surface area contributed by atoms with Crippen LogP contribution in [0, 0.1) is 17.2 Å². The number of nitrogens with two attached hydrogens (primary N) is 1. The maximum atomic E-state index is 11.1. The molecule has 0 aromatic heterocycles. The summed E-state index contributed by atoms with van der Waals surface area (Å²) in [6.07, 6.45) is 0. The largest absolute Gasteiger partial charge is 0.353 e. The first kappa shape index (κ1) is 10.9. The van der Waals surface area contributed by atoms with E-state index in [-0.39, 0.29) is 11.8 Å². The Morgan fingerprint density at radius 2 is 2.25 bits per heavy atom. The fourth-order valence-corrected chi connectivity index (χ4v) is 0.519. The Bertz CT molecular complexity index is 199. The lowest BCUT2D eigenvalue weighted by Gasteiger charge is -2.17. The number of amides is 1. The van der Waals surface area contributed by atoms with Crippen molar-refractivity contribution in [2.24, 2.45) is 11.7 Å². The van der Waals surface area contributed by atoms with Crippen molar-refractivity contribution in [1.82, 2.24) is 5.32 Å². The van der Waals surface area contributed by atoms with Crippen molar-refractivity contribution in [3.8, 4) is 6.07 Å². The molecule has 0 aromatic carbocycles. The average molecular weight is 169 g/mol. The molecule has 0 aromatic rings. The number of nitrogens with one attached hydrogen (secondary N) is 1. The maximum absolute atomic E-state index is 11.1. The van der Waals surface area contributed by atoms with Gasteiger partial charge in [-0.2, -0.15) is 5.26 Å². The summed E-state index contributed by atoms with van der Waals surface area (Å²) >= 11 is 0. The van der Waals surface area contributed by atoms with Crippen LogP contribution in [0.2, 0.25) is 0 Å². The molecule has 0 aliphatic heterocycles. The zero-order valence-electron chi connectivity index (χ0n) is 7.72. The molecule has 0 heterocycles. The van der Waals surface area contributed by atoms with Crippen LogP contribution < -0.4 is 11.1 Å². The molecule has 0 saturated heterocycles. The monoisotopic (exact) mass is 169 g/mol. The summed E-state index contributed by atoms with van der Waals surface area (Å²) in [4.78, 5) is 11.1. The first-order valence-corrected chi connectivity index (χ1v) is 3.84. The van der Waals surface area contributed by atoms with E-state index in [1.807, 2.05) is 6.07 Å². The van der Waals surface area contributed by atoms with Gasteiger partial charge in [0.25, 0.3) is 0 Å². The van der Waals surface area contributed by atoms with Gasteiger partial charge < -0.3 is 11.1 Å². The molecule has 1 unspecified atom stereocenters. The van der Waals surface area contributed by atoms with Gasteiger partial charge in [0, 0.05) is 6.54 Å². The Kier molecular flexibility index (Phi) is 3.71. The number of nitrogens with zero attached hydrogens (tertiary/aromatic N) is 1. The number of carbonyl (C=O) groups is 1. The van der Waals surface area contributed by atoms with Crippen LogP contribution in [0.25, 0.3) is 0 Å². The number of rotatable bonds is 3. The molecule has 0 aliphatic carbocycles. The van der Waals surface area contributed by atoms with Gasteiger partial charge >= 0.3 is 0 Å². The van der Waals surface area contributed by atoms with E-state index in [0.717, 1.165) is 0 Å². The topological polar surface area (TPSA) is 78.9 Å². The second-order valence-electron chi connectivity index (χ2n) is 3.46. The summed E-state index contributed by atoms with van der Waals surface area (Å²) in [6, 6.07) is 2.02. The van der Waals surface area contributed by atoms with Gasteiger partial charge in [-0.15, -0.1) is 0 Å². The molecule has 68 valence electrons. The van der Waals surface area contributed by atoms with E-state index in [2.05, 4.69) is 5.32 Å². The highest BCUT2D eigenvalue weighted by Crippen LogP contribution is 1.96. The van der Waals surface area contributed by atoms with E-state index in [1.54, 1.807) is 20.8 Å². The van der Waals surface area contributed by atoms with Gasteiger partial charge in [-0.25, -0.2) is 0 Å². The molecule has 0 rings (SSSR count). The smallest absolute Gasteiger partial charge is 0.239 e. The summed E-state index contributed by atoms with van der Waals surface area (Å²) in [5, 5.41) is 11.0. The summed E-state index contributed by atoms with van der Waals surface area (Å²) in [5.74, 6) is -0.402. The van der Waals surface area contributed by atoms with Crippen LogP contribution >= 0.6 is 0 Å². The van der Waals surface area contributed by atoms with Crippen molar-refractivity contribution in [3.63, 3.8) is 0 Å². The first-order valence-electron chi connectivity index (χ1n) is 3.84. The van der Waals surface area contributed by atoms with Gasteiger partial charge in [0.1, 0.15) is 0 Å². The SMILES string of the molecule is CC(C#N)CNC(=O)C(C)(C)N. The lowest BCUT2D eigenvalue weighted by Crippen LogP contribution is -2.49. The highest BCUT2D eigenvalue weighted by molar-refractivity contribution is 5.85. The molecule has 0 radical (unpaired) electrons. The zero-order chi connectivity index (χ0) is 9.78. The molecule has 0 saturated carbocycles. The van der Waals surface area contributed by atoms with Gasteiger partial charge in [-0.05, 0) is 20.8 Å². The fourth-order valence-electron chi connectivity index (χ4n) is 0.519. The molecule has 4 nitrogen and oxygen atoms in total. The molecule has 0 bridgehead atoms. The van der Waals surface area contributed by atoms with Crippen LogP contribution in [0.15, 0.2) is 0 Å². The first-order chi connectivity index (χ1) is 5.38. The lowest BCUT2D eigenvalue weighted by atomic mass is 10.1. The standard InChI is InChI=1S/C8H15N3O/c1-6(4-9)5-11-7(12)8(2,3)10/h6H,5,10H2,1-3H3,(H,11,12). The molecule has 12 heavy (non-hydrogen) atoms. The van der Waals surface area contributed by atoms with Crippen molar-refractivity contribution in [3.05, 3.63) is 0 Å². The summed E-state index contributed by atoms with van der Waals surface area (Å²) in [7, 11) is 0. The Morgan fingerprint density at radius 1 is 1.75 bits per heavy atom. The van der Waals surface area contributed by atoms with Crippen LogP contribution in [-0.2, 0) is 4.79 Å². The number of nitriles is 1. The molecule has 0 fully saturated rings. The predicted molar refractivity (Wildman–Crippen MR) is 46.1 cm³/mol. The minimum absolute atomic E-state index is 0.170. The Labute approximate surface area is 72.7 Å². The van der Waals surface area contributed by atoms with Crippen molar-refractivity contribution in [1.29, 1.82) is 5.26 Å². The summed E-state index contributed by atoms with van der Waals surface area (Å²) in [5.41, 5.74) is 4.65.